The van der Waals surface area contributed by atoms with Crippen LogP contribution in [0.5, 0.6) is 5.75 Å². The molecule has 0 aromatic heterocycles. The molecular formula is C22H30N2O3S. The summed E-state index contributed by atoms with van der Waals surface area (Å²) in [6.45, 7) is 9.09. The van der Waals surface area contributed by atoms with Crippen LogP contribution >= 0.6 is 0 Å². The molecule has 28 heavy (non-hydrogen) atoms. The van der Waals surface area contributed by atoms with Crippen LogP contribution in [0.1, 0.15) is 31.4 Å². The SMILES string of the molecule is CCCOc1ccc(S(=O)(=O)N2CCN(c3ccc(CC)cc3)CC2)cc1C. The molecule has 0 aliphatic carbocycles. The quantitative estimate of drug-likeness (QED) is 0.706. The fourth-order valence-electron chi connectivity index (χ4n) is 3.43. The van der Waals surface area contributed by atoms with E-state index in [4.69, 9.17) is 4.74 Å². The minimum atomic E-state index is -3.49. The molecule has 1 heterocycles. The Morgan fingerprint density at radius 2 is 1.64 bits per heavy atom. The number of hydrogen-bond donors (Lipinski definition) is 0. The number of anilines is 1. The van der Waals surface area contributed by atoms with E-state index in [0.717, 1.165) is 29.8 Å². The van der Waals surface area contributed by atoms with Crippen molar-refractivity contribution in [1.82, 2.24) is 4.31 Å². The van der Waals surface area contributed by atoms with Crippen molar-refractivity contribution in [2.75, 3.05) is 37.7 Å². The van der Waals surface area contributed by atoms with E-state index in [1.165, 1.54) is 5.56 Å². The molecule has 0 bridgehead atoms. The summed E-state index contributed by atoms with van der Waals surface area (Å²) in [5.74, 6) is 0.751. The van der Waals surface area contributed by atoms with Crippen LogP contribution in [0.2, 0.25) is 0 Å². The van der Waals surface area contributed by atoms with Crippen molar-refractivity contribution in [3.05, 3.63) is 53.6 Å². The van der Waals surface area contributed by atoms with Crippen molar-refractivity contribution in [3.8, 4) is 5.75 Å². The van der Waals surface area contributed by atoms with Gasteiger partial charge in [-0.15, -0.1) is 0 Å². The molecule has 5 nitrogen and oxygen atoms in total. The van der Waals surface area contributed by atoms with Gasteiger partial charge in [-0.25, -0.2) is 8.42 Å². The maximum atomic E-state index is 13.1. The van der Waals surface area contributed by atoms with E-state index in [-0.39, 0.29) is 0 Å². The molecule has 1 saturated heterocycles. The van der Waals surface area contributed by atoms with Crippen LogP contribution in [0.15, 0.2) is 47.4 Å². The van der Waals surface area contributed by atoms with Gasteiger partial charge in [0.1, 0.15) is 5.75 Å². The van der Waals surface area contributed by atoms with Gasteiger partial charge in [-0.2, -0.15) is 4.31 Å². The first kappa shape index (κ1) is 20.7. The second kappa shape index (κ2) is 8.97. The monoisotopic (exact) mass is 402 g/mol. The van der Waals surface area contributed by atoms with Crippen LogP contribution in [-0.4, -0.2) is 45.5 Å². The Kier molecular flexibility index (Phi) is 6.62. The molecule has 0 saturated carbocycles. The first-order valence-electron chi connectivity index (χ1n) is 10.0. The van der Waals surface area contributed by atoms with Gasteiger partial charge in [-0.1, -0.05) is 26.0 Å². The average molecular weight is 403 g/mol. The predicted molar refractivity (Wildman–Crippen MR) is 114 cm³/mol. The molecule has 2 aromatic rings. The number of piperazine rings is 1. The van der Waals surface area contributed by atoms with E-state index in [2.05, 4.69) is 36.1 Å². The van der Waals surface area contributed by atoms with Crippen molar-refractivity contribution in [3.63, 3.8) is 0 Å². The highest BCUT2D eigenvalue weighted by molar-refractivity contribution is 7.89. The third kappa shape index (κ3) is 4.50. The summed E-state index contributed by atoms with van der Waals surface area (Å²) >= 11 is 0. The van der Waals surface area contributed by atoms with Gasteiger partial charge in [0, 0.05) is 31.9 Å². The molecule has 0 N–H and O–H groups in total. The van der Waals surface area contributed by atoms with Crippen LogP contribution in [0.4, 0.5) is 5.69 Å². The Bertz CT molecular complexity index is 886. The molecule has 0 spiro atoms. The van der Waals surface area contributed by atoms with Crippen molar-refractivity contribution in [2.24, 2.45) is 0 Å². The molecule has 1 aliphatic heterocycles. The van der Waals surface area contributed by atoms with Gasteiger partial charge in [-0.3, -0.25) is 0 Å². The topological polar surface area (TPSA) is 49.9 Å². The number of rotatable bonds is 7. The third-order valence-electron chi connectivity index (χ3n) is 5.19. The number of aryl methyl sites for hydroxylation is 2. The molecule has 3 rings (SSSR count). The molecule has 1 aliphatic rings. The fourth-order valence-corrected chi connectivity index (χ4v) is 4.94. The first-order valence-corrected chi connectivity index (χ1v) is 11.5. The Balaban J connectivity index is 1.67. The second-order valence-electron chi connectivity index (χ2n) is 7.19. The van der Waals surface area contributed by atoms with E-state index < -0.39 is 10.0 Å². The maximum absolute atomic E-state index is 13.1. The van der Waals surface area contributed by atoms with Gasteiger partial charge in [0.25, 0.3) is 0 Å². The molecule has 6 heteroatoms. The van der Waals surface area contributed by atoms with Crippen LogP contribution in [0, 0.1) is 6.92 Å². The zero-order chi connectivity index (χ0) is 20.1. The molecule has 0 unspecified atom stereocenters. The molecule has 1 fully saturated rings. The minimum absolute atomic E-state index is 0.342. The van der Waals surface area contributed by atoms with Gasteiger partial charge in [0.05, 0.1) is 11.5 Å². The summed E-state index contributed by atoms with van der Waals surface area (Å²) in [7, 11) is -3.49. The van der Waals surface area contributed by atoms with Crippen LogP contribution < -0.4 is 9.64 Å². The van der Waals surface area contributed by atoms with Gasteiger partial charge < -0.3 is 9.64 Å². The standard InChI is InChI=1S/C22H30N2O3S/c1-4-16-27-22-11-10-21(17-18(22)3)28(25,26)24-14-12-23(13-15-24)20-8-6-19(5-2)7-9-20/h6-11,17H,4-5,12-16H2,1-3H3. The van der Waals surface area contributed by atoms with E-state index in [0.29, 0.717) is 37.7 Å². The van der Waals surface area contributed by atoms with Crippen LogP contribution in [0.25, 0.3) is 0 Å². The number of hydrogen-bond acceptors (Lipinski definition) is 4. The Morgan fingerprint density at radius 3 is 2.21 bits per heavy atom. The average Bonchev–Trinajstić information content (AvgIpc) is 2.73. The van der Waals surface area contributed by atoms with Gasteiger partial charge in [0.2, 0.25) is 10.0 Å². The van der Waals surface area contributed by atoms with Crippen LogP contribution in [-0.2, 0) is 16.4 Å². The molecule has 2 aromatic carbocycles. The summed E-state index contributed by atoms with van der Waals surface area (Å²) < 4.78 is 33.4. The largest absolute Gasteiger partial charge is 0.493 e. The molecular weight excluding hydrogens is 372 g/mol. The normalized spacial score (nSPS) is 15.6. The summed E-state index contributed by atoms with van der Waals surface area (Å²) in [6.07, 6.45) is 1.94. The number of ether oxygens (including phenoxy) is 1. The Labute approximate surface area is 169 Å². The highest BCUT2D eigenvalue weighted by atomic mass is 32.2. The van der Waals surface area contributed by atoms with Crippen molar-refractivity contribution in [1.29, 1.82) is 0 Å². The number of benzene rings is 2. The lowest BCUT2D eigenvalue weighted by Gasteiger charge is -2.35. The van der Waals surface area contributed by atoms with Gasteiger partial charge in [0.15, 0.2) is 0 Å². The molecule has 0 radical (unpaired) electrons. The summed E-state index contributed by atoms with van der Waals surface area (Å²) in [6, 6.07) is 13.7. The fraction of sp³-hybridized carbons (Fsp3) is 0.455. The highest BCUT2D eigenvalue weighted by Crippen LogP contribution is 2.26. The maximum Gasteiger partial charge on any atom is 0.243 e. The lowest BCUT2D eigenvalue weighted by Crippen LogP contribution is -2.48. The smallest absolute Gasteiger partial charge is 0.243 e. The zero-order valence-electron chi connectivity index (χ0n) is 17.0. The van der Waals surface area contributed by atoms with Gasteiger partial charge >= 0.3 is 0 Å². The van der Waals surface area contributed by atoms with E-state index in [1.54, 1.807) is 22.5 Å². The first-order chi connectivity index (χ1) is 13.5. The van der Waals surface area contributed by atoms with Crippen molar-refractivity contribution in [2.45, 2.75) is 38.5 Å². The molecule has 0 amide bonds. The second-order valence-corrected chi connectivity index (χ2v) is 9.12. The van der Waals surface area contributed by atoms with Crippen molar-refractivity contribution >= 4 is 15.7 Å². The number of nitrogens with zero attached hydrogens (tertiary/aromatic N) is 2. The van der Waals surface area contributed by atoms with Crippen LogP contribution in [0.3, 0.4) is 0 Å². The molecule has 0 atom stereocenters. The molecule has 152 valence electrons. The van der Waals surface area contributed by atoms with E-state index in [9.17, 15) is 8.42 Å². The number of sulfonamides is 1. The van der Waals surface area contributed by atoms with E-state index >= 15 is 0 Å². The minimum Gasteiger partial charge on any atom is -0.493 e. The summed E-state index contributed by atoms with van der Waals surface area (Å²) in [5.41, 5.74) is 3.32. The summed E-state index contributed by atoms with van der Waals surface area (Å²) in [4.78, 5) is 2.59. The Hall–Kier alpha value is -2.05. The Morgan fingerprint density at radius 1 is 0.964 bits per heavy atom. The lowest BCUT2D eigenvalue weighted by atomic mass is 10.1. The zero-order valence-corrected chi connectivity index (χ0v) is 17.8. The van der Waals surface area contributed by atoms with Gasteiger partial charge in [-0.05, 0) is 61.2 Å². The van der Waals surface area contributed by atoms with E-state index in [1.807, 2.05) is 13.8 Å². The lowest BCUT2D eigenvalue weighted by molar-refractivity contribution is 0.315. The third-order valence-corrected chi connectivity index (χ3v) is 7.09. The predicted octanol–water partition coefficient (Wildman–Crippen LogP) is 3.86. The highest BCUT2D eigenvalue weighted by Gasteiger charge is 2.29. The van der Waals surface area contributed by atoms with Crippen molar-refractivity contribution < 1.29 is 13.2 Å². The summed E-state index contributed by atoms with van der Waals surface area (Å²) in [5, 5.41) is 0.